The first-order valence-corrected chi connectivity index (χ1v) is 10.4. The summed E-state index contributed by atoms with van der Waals surface area (Å²) in [6, 6.07) is 25.1. The molecule has 2 aromatic carbocycles. The number of hydrogen-bond donors (Lipinski definition) is 2. The summed E-state index contributed by atoms with van der Waals surface area (Å²) in [5, 5.41) is 0. The predicted molar refractivity (Wildman–Crippen MR) is 127 cm³/mol. The predicted octanol–water partition coefficient (Wildman–Crippen LogP) is 5.25. The number of ether oxygens (including phenoxy) is 2. The Labute approximate surface area is 190 Å². The maximum absolute atomic E-state index is 5.67. The maximum Gasteiger partial charge on any atom is 0.166 e. The SMILES string of the molecule is Nc1ncccc1OCc1ccccc1.Nc1ncccc1OCc1ccccc1Br. The van der Waals surface area contributed by atoms with Crippen LogP contribution >= 0.6 is 15.9 Å². The molecule has 0 saturated carbocycles. The van der Waals surface area contributed by atoms with Gasteiger partial charge in [0.25, 0.3) is 0 Å². The standard InChI is InChI=1S/C12H11BrN2O.C12H12N2O/c13-10-5-2-1-4-9(10)8-16-11-6-3-7-15-12(11)14;13-12-11(7-4-8-14-12)15-9-10-5-2-1-3-6-10/h1-7H,8H2,(H2,14,15);1-8H,9H2,(H2,13,14). The summed E-state index contributed by atoms with van der Waals surface area (Å²) in [4.78, 5) is 7.90. The van der Waals surface area contributed by atoms with Crippen molar-refractivity contribution in [3.05, 3.63) is 107 Å². The lowest BCUT2D eigenvalue weighted by atomic mass is 10.2. The molecule has 0 fully saturated rings. The van der Waals surface area contributed by atoms with E-state index in [0.717, 1.165) is 15.6 Å². The lowest BCUT2D eigenvalue weighted by molar-refractivity contribution is 0.306. The molecule has 0 atom stereocenters. The van der Waals surface area contributed by atoms with Gasteiger partial charge in [-0.25, -0.2) is 9.97 Å². The lowest BCUT2D eigenvalue weighted by Crippen LogP contribution is -2.00. The van der Waals surface area contributed by atoms with Crippen LogP contribution in [0.5, 0.6) is 11.5 Å². The first kappa shape index (κ1) is 22.1. The number of rotatable bonds is 6. The van der Waals surface area contributed by atoms with Crippen molar-refractivity contribution in [2.75, 3.05) is 11.5 Å². The number of nitrogens with two attached hydrogens (primary N) is 2. The fraction of sp³-hybridized carbons (Fsp3) is 0.0833. The van der Waals surface area contributed by atoms with Crippen LogP contribution in [0.25, 0.3) is 0 Å². The molecule has 0 radical (unpaired) electrons. The molecule has 0 saturated heterocycles. The summed E-state index contributed by atoms with van der Waals surface area (Å²) in [6.45, 7) is 0.980. The van der Waals surface area contributed by atoms with Crippen LogP contribution < -0.4 is 20.9 Å². The second-order valence-electron chi connectivity index (χ2n) is 6.43. The molecule has 2 heterocycles. The van der Waals surface area contributed by atoms with Crippen molar-refractivity contribution in [1.82, 2.24) is 9.97 Å². The van der Waals surface area contributed by atoms with Crippen molar-refractivity contribution in [3.8, 4) is 11.5 Å². The third-order valence-corrected chi connectivity index (χ3v) is 4.95. The molecule has 158 valence electrons. The highest BCUT2D eigenvalue weighted by Crippen LogP contribution is 2.22. The second-order valence-corrected chi connectivity index (χ2v) is 7.28. The summed E-state index contributed by atoms with van der Waals surface area (Å²) in [5.41, 5.74) is 13.5. The molecule has 0 amide bonds. The van der Waals surface area contributed by atoms with Crippen molar-refractivity contribution in [1.29, 1.82) is 0 Å². The number of benzene rings is 2. The minimum atomic E-state index is 0.412. The molecule has 0 bridgehead atoms. The van der Waals surface area contributed by atoms with Gasteiger partial charge in [-0.15, -0.1) is 0 Å². The zero-order valence-electron chi connectivity index (χ0n) is 16.8. The molecular formula is C24H23BrN4O2. The maximum atomic E-state index is 5.67. The Balaban J connectivity index is 0.000000176. The molecule has 4 aromatic rings. The van der Waals surface area contributed by atoms with E-state index in [2.05, 4.69) is 25.9 Å². The van der Waals surface area contributed by atoms with Gasteiger partial charge in [-0.2, -0.15) is 0 Å². The van der Waals surface area contributed by atoms with Gasteiger partial charge in [0.1, 0.15) is 13.2 Å². The Morgan fingerprint density at radius 2 is 1.19 bits per heavy atom. The normalized spacial score (nSPS) is 9.97. The largest absolute Gasteiger partial charge is 0.485 e. The average Bonchev–Trinajstić information content (AvgIpc) is 2.80. The molecule has 4 N–H and O–H groups in total. The Morgan fingerprint density at radius 3 is 1.77 bits per heavy atom. The van der Waals surface area contributed by atoms with Crippen molar-refractivity contribution in [3.63, 3.8) is 0 Å². The highest BCUT2D eigenvalue weighted by Gasteiger charge is 2.03. The summed E-state index contributed by atoms with van der Waals surface area (Å²) >= 11 is 3.46. The van der Waals surface area contributed by atoms with E-state index in [1.807, 2.05) is 60.7 Å². The highest BCUT2D eigenvalue weighted by molar-refractivity contribution is 9.10. The number of halogens is 1. The topological polar surface area (TPSA) is 96.3 Å². The first-order chi connectivity index (χ1) is 15.1. The second kappa shape index (κ2) is 11.6. The highest BCUT2D eigenvalue weighted by atomic mass is 79.9. The van der Waals surface area contributed by atoms with Crippen LogP contribution in [-0.4, -0.2) is 9.97 Å². The minimum Gasteiger partial charge on any atom is -0.485 e. The molecule has 0 aliphatic rings. The van der Waals surface area contributed by atoms with Gasteiger partial charge < -0.3 is 20.9 Å². The van der Waals surface area contributed by atoms with Crippen LogP contribution in [0.2, 0.25) is 0 Å². The summed E-state index contributed by atoms with van der Waals surface area (Å²) in [7, 11) is 0. The average molecular weight is 479 g/mol. The summed E-state index contributed by atoms with van der Waals surface area (Å²) in [6.07, 6.45) is 3.28. The molecule has 31 heavy (non-hydrogen) atoms. The van der Waals surface area contributed by atoms with Crippen molar-refractivity contribution in [2.24, 2.45) is 0 Å². The van der Waals surface area contributed by atoms with Gasteiger partial charge in [-0.05, 0) is 35.9 Å². The third kappa shape index (κ3) is 7.01. The van der Waals surface area contributed by atoms with E-state index in [1.165, 1.54) is 0 Å². The van der Waals surface area contributed by atoms with Gasteiger partial charge in [0, 0.05) is 22.4 Å². The molecule has 2 aromatic heterocycles. The minimum absolute atomic E-state index is 0.412. The van der Waals surface area contributed by atoms with Gasteiger partial charge in [0.05, 0.1) is 0 Å². The fourth-order valence-electron chi connectivity index (χ4n) is 2.56. The van der Waals surface area contributed by atoms with Crippen LogP contribution in [0, 0.1) is 0 Å². The number of pyridine rings is 2. The molecule has 0 aliphatic carbocycles. The lowest BCUT2D eigenvalue weighted by Gasteiger charge is -2.08. The van der Waals surface area contributed by atoms with Crippen molar-refractivity contribution in [2.45, 2.75) is 13.2 Å². The van der Waals surface area contributed by atoms with Crippen LogP contribution in [0.1, 0.15) is 11.1 Å². The summed E-state index contributed by atoms with van der Waals surface area (Å²) in [5.74, 6) is 2.07. The van der Waals surface area contributed by atoms with E-state index >= 15 is 0 Å². The van der Waals surface area contributed by atoms with E-state index in [4.69, 9.17) is 20.9 Å². The van der Waals surface area contributed by atoms with E-state index in [0.29, 0.717) is 36.3 Å². The fourth-order valence-corrected chi connectivity index (χ4v) is 2.96. The van der Waals surface area contributed by atoms with Gasteiger partial charge in [-0.1, -0.05) is 64.5 Å². The van der Waals surface area contributed by atoms with E-state index < -0.39 is 0 Å². The zero-order chi connectivity index (χ0) is 21.9. The zero-order valence-corrected chi connectivity index (χ0v) is 18.4. The van der Waals surface area contributed by atoms with Crippen molar-refractivity contribution >= 4 is 27.6 Å². The Bertz CT molecular complexity index is 1050. The number of aromatic nitrogens is 2. The van der Waals surface area contributed by atoms with Gasteiger partial charge >= 0.3 is 0 Å². The van der Waals surface area contributed by atoms with E-state index in [9.17, 15) is 0 Å². The number of hydrogen-bond acceptors (Lipinski definition) is 6. The molecule has 7 heteroatoms. The number of anilines is 2. The Kier molecular flexibility index (Phi) is 8.25. The van der Waals surface area contributed by atoms with Gasteiger partial charge in [0.2, 0.25) is 0 Å². The monoisotopic (exact) mass is 478 g/mol. The van der Waals surface area contributed by atoms with Crippen molar-refractivity contribution < 1.29 is 9.47 Å². The van der Waals surface area contributed by atoms with E-state index in [1.54, 1.807) is 30.6 Å². The first-order valence-electron chi connectivity index (χ1n) is 9.57. The van der Waals surface area contributed by atoms with Gasteiger partial charge in [-0.3, -0.25) is 0 Å². The molecule has 4 rings (SSSR count). The Hall–Kier alpha value is -3.58. The summed E-state index contributed by atoms with van der Waals surface area (Å²) < 4.78 is 12.1. The van der Waals surface area contributed by atoms with Crippen LogP contribution in [0.15, 0.2) is 95.7 Å². The molecule has 6 nitrogen and oxygen atoms in total. The molecule has 0 aliphatic heterocycles. The van der Waals surface area contributed by atoms with E-state index in [-0.39, 0.29) is 0 Å². The third-order valence-electron chi connectivity index (χ3n) is 4.18. The van der Waals surface area contributed by atoms with Gasteiger partial charge in [0.15, 0.2) is 23.1 Å². The number of nitrogens with zero attached hydrogens (tertiary/aromatic N) is 2. The van der Waals surface area contributed by atoms with Crippen LogP contribution in [0.4, 0.5) is 11.6 Å². The van der Waals surface area contributed by atoms with Crippen LogP contribution in [0.3, 0.4) is 0 Å². The smallest absolute Gasteiger partial charge is 0.166 e. The van der Waals surface area contributed by atoms with Crippen LogP contribution in [-0.2, 0) is 13.2 Å². The molecule has 0 spiro atoms. The Morgan fingerprint density at radius 1 is 0.645 bits per heavy atom. The molecular weight excluding hydrogens is 456 g/mol. The quantitative estimate of drug-likeness (QED) is 0.392. The molecule has 0 unspecified atom stereocenters. The number of nitrogen functional groups attached to an aromatic ring is 2.